The second kappa shape index (κ2) is 5.58. The minimum absolute atomic E-state index is 0.213. The average Bonchev–Trinajstić information content (AvgIpc) is 2.71. The number of nitrogens with two attached hydrogens (primary N) is 1. The third-order valence-corrected chi connectivity index (χ3v) is 3.35. The van der Waals surface area contributed by atoms with Crippen molar-refractivity contribution in [2.24, 2.45) is 0 Å². The van der Waals surface area contributed by atoms with E-state index in [1.165, 1.54) is 6.33 Å². The summed E-state index contributed by atoms with van der Waals surface area (Å²) < 4.78 is 10.7. The zero-order chi connectivity index (χ0) is 13.9. The van der Waals surface area contributed by atoms with Crippen LogP contribution < -0.4 is 15.8 Å². The maximum atomic E-state index is 10.4. The number of hydrogen-bond donors (Lipinski definition) is 3. The number of anilines is 2. The summed E-state index contributed by atoms with van der Waals surface area (Å²) in [5.74, 6) is 0.814. The topological polar surface area (TPSA) is 103 Å². The molecule has 1 aliphatic rings. The van der Waals surface area contributed by atoms with Crippen molar-refractivity contribution < 1.29 is 14.6 Å². The molecule has 4 N–H and O–H groups in total. The summed E-state index contributed by atoms with van der Waals surface area (Å²) in [6.07, 6.45) is 1.75. The molecule has 2 rings (SSSR count). The van der Waals surface area contributed by atoms with Crippen LogP contribution in [-0.4, -0.2) is 46.5 Å². The quantitative estimate of drug-likeness (QED) is 0.710. The van der Waals surface area contributed by atoms with Gasteiger partial charge in [-0.15, -0.1) is 0 Å². The van der Waals surface area contributed by atoms with Gasteiger partial charge in [0.2, 0.25) is 5.88 Å². The van der Waals surface area contributed by atoms with E-state index in [1.807, 2.05) is 13.8 Å². The van der Waals surface area contributed by atoms with Crippen molar-refractivity contribution in [1.29, 1.82) is 0 Å². The van der Waals surface area contributed by atoms with Crippen molar-refractivity contribution in [1.82, 2.24) is 9.97 Å². The molecule has 2 unspecified atom stereocenters. The number of nitrogens with zero attached hydrogens (tertiary/aromatic N) is 2. The molecule has 7 nitrogen and oxygen atoms in total. The monoisotopic (exact) mass is 268 g/mol. The lowest BCUT2D eigenvalue weighted by molar-refractivity contribution is -0.0176. The van der Waals surface area contributed by atoms with E-state index in [2.05, 4.69) is 15.3 Å². The molecule has 19 heavy (non-hydrogen) atoms. The first-order chi connectivity index (χ1) is 9.07. The number of nitrogens with one attached hydrogen (secondary N) is 1. The fourth-order valence-corrected chi connectivity index (χ4v) is 2.01. The number of nitrogen functional groups attached to an aromatic ring is 1. The number of aliphatic hydroxyl groups is 1. The Morgan fingerprint density at radius 1 is 1.63 bits per heavy atom. The van der Waals surface area contributed by atoms with Crippen molar-refractivity contribution in [2.75, 3.05) is 30.8 Å². The molecule has 1 fully saturated rings. The summed E-state index contributed by atoms with van der Waals surface area (Å²) in [6.45, 7) is 5.07. The summed E-state index contributed by atoms with van der Waals surface area (Å²) >= 11 is 0. The molecule has 7 heteroatoms. The van der Waals surface area contributed by atoms with Gasteiger partial charge in [-0.25, -0.2) is 4.98 Å². The Bertz CT molecular complexity index is 443. The van der Waals surface area contributed by atoms with E-state index in [0.717, 1.165) is 0 Å². The molecule has 0 amide bonds. The van der Waals surface area contributed by atoms with Crippen LogP contribution in [0.4, 0.5) is 11.5 Å². The van der Waals surface area contributed by atoms with Gasteiger partial charge in [-0.2, -0.15) is 4.98 Å². The van der Waals surface area contributed by atoms with Crippen LogP contribution in [0, 0.1) is 0 Å². The van der Waals surface area contributed by atoms with Gasteiger partial charge in [0.25, 0.3) is 0 Å². The summed E-state index contributed by atoms with van der Waals surface area (Å²) in [4.78, 5) is 8.01. The first-order valence-electron chi connectivity index (χ1n) is 6.38. The molecule has 1 aromatic rings. The second-order valence-corrected chi connectivity index (χ2v) is 4.59. The number of rotatable bonds is 5. The maximum absolute atomic E-state index is 10.4. The summed E-state index contributed by atoms with van der Waals surface area (Å²) in [6, 6.07) is 0. The van der Waals surface area contributed by atoms with Crippen LogP contribution in [0.15, 0.2) is 6.33 Å². The molecule has 1 aromatic heterocycles. The van der Waals surface area contributed by atoms with Gasteiger partial charge < -0.3 is 25.6 Å². The Balaban J connectivity index is 2.05. The van der Waals surface area contributed by atoms with Gasteiger partial charge in [0.1, 0.15) is 17.6 Å². The lowest BCUT2D eigenvalue weighted by Crippen LogP contribution is -2.43. The van der Waals surface area contributed by atoms with Crippen LogP contribution >= 0.6 is 0 Å². The molecular formula is C12H20N4O3. The molecule has 0 aliphatic carbocycles. The van der Waals surface area contributed by atoms with Crippen LogP contribution in [-0.2, 0) is 4.74 Å². The lowest BCUT2D eigenvalue weighted by Gasteiger charge is -2.26. The van der Waals surface area contributed by atoms with Crippen molar-refractivity contribution in [3.8, 4) is 5.88 Å². The molecule has 2 atom stereocenters. The highest BCUT2D eigenvalue weighted by molar-refractivity contribution is 5.66. The molecule has 0 radical (unpaired) electrons. The fourth-order valence-electron chi connectivity index (χ4n) is 2.01. The molecule has 2 heterocycles. The smallest absolute Gasteiger partial charge is 0.242 e. The third-order valence-electron chi connectivity index (χ3n) is 3.35. The van der Waals surface area contributed by atoms with E-state index in [-0.39, 0.29) is 6.10 Å². The zero-order valence-electron chi connectivity index (χ0n) is 11.2. The van der Waals surface area contributed by atoms with Crippen molar-refractivity contribution >= 4 is 11.5 Å². The van der Waals surface area contributed by atoms with Gasteiger partial charge in [0.05, 0.1) is 12.7 Å². The van der Waals surface area contributed by atoms with E-state index < -0.39 is 5.60 Å². The zero-order valence-corrected chi connectivity index (χ0v) is 11.2. The third kappa shape index (κ3) is 2.87. The molecule has 0 bridgehead atoms. The van der Waals surface area contributed by atoms with Crippen LogP contribution in [0.1, 0.15) is 20.3 Å². The predicted molar refractivity (Wildman–Crippen MR) is 71.1 cm³/mol. The van der Waals surface area contributed by atoms with E-state index in [0.29, 0.717) is 43.6 Å². The normalized spacial score (nSPS) is 26.4. The highest BCUT2D eigenvalue weighted by Gasteiger charge is 2.39. The molecule has 106 valence electrons. The Hall–Kier alpha value is -1.60. The van der Waals surface area contributed by atoms with Crippen LogP contribution in [0.5, 0.6) is 5.88 Å². The first kappa shape index (κ1) is 13.8. The molecule has 0 saturated carbocycles. The molecule has 0 spiro atoms. The molecular weight excluding hydrogens is 248 g/mol. The highest BCUT2D eigenvalue weighted by atomic mass is 16.5. The minimum Gasteiger partial charge on any atom is -0.476 e. The largest absolute Gasteiger partial charge is 0.476 e. The van der Waals surface area contributed by atoms with Gasteiger partial charge in [-0.05, 0) is 13.8 Å². The van der Waals surface area contributed by atoms with Gasteiger partial charge in [-0.3, -0.25) is 0 Å². The standard InChI is InChI=1S/C12H20N4O3/c1-3-18-11-9(13)10(15-7-16-11)14-6-12(17)4-5-19-8(12)2/h7-8,17H,3-6,13H2,1-2H3,(H,14,15,16). The number of ether oxygens (including phenoxy) is 2. The van der Waals surface area contributed by atoms with E-state index in [1.54, 1.807) is 0 Å². The maximum Gasteiger partial charge on any atom is 0.242 e. The molecule has 1 saturated heterocycles. The Morgan fingerprint density at radius 2 is 2.42 bits per heavy atom. The minimum atomic E-state index is -0.900. The van der Waals surface area contributed by atoms with Gasteiger partial charge in [0, 0.05) is 19.6 Å². The highest BCUT2D eigenvalue weighted by Crippen LogP contribution is 2.28. The second-order valence-electron chi connectivity index (χ2n) is 4.59. The van der Waals surface area contributed by atoms with E-state index in [9.17, 15) is 5.11 Å². The van der Waals surface area contributed by atoms with Crippen molar-refractivity contribution in [2.45, 2.75) is 32.0 Å². The Labute approximate surface area is 112 Å². The summed E-state index contributed by atoms with van der Waals surface area (Å²) in [5, 5.41) is 13.4. The fraction of sp³-hybridized carbons (Fsp3) is 0.667. The summed E-state index contributed by atoms with van der Waals surface area (Å²) in [7, 11) is 0. The van der Waals surface area contributed by atoms with Crippen LogP contribution in [0.25, 0.3) is 0 Å². The van der Waals surface area contributed by atoms with Crippen molar-refractivity contribution in [3.05, 3.63) is 6.33 Å². The van der Waals surface area contributed by atoms with Crippen molar-refractivity contribution in [3.63, 3.8) is 0 Å². The van der Waals surface area contributed by atoms with E-state index >= 15 is 0 Å². The lowest BCUT2D eigenvalue weighted by atomic mass is 9.97. The van der Waals surface area contributed by atoms with Crippen LogP contribution in [0.2, 0.25) is 0 Å². The van der Waals surface area contributed by atoms with Gasteiger partial charge in [0.15, 0.2) is 5.82 Å². The first-order valence-corrected chi connectivity index (χ1v) is 6.38. The number of aromatic nitrogens is 2. The van der Waals surface area contributed by atoms with Crippen LogP contribution in [0.3, 0.4) is 0 Å². The molecule has 1 aliphatic heterocycles. The predicted octanol–water partition coefficient (Wildman–Crippen LogP) is 0.409. The van der Waals surface area contributed by atoms with Gasteiger partial charge >= 0.3 is 0 Å². The molecule has 0 aromatic carbocycles. The van der Waals surface area contributed by atoms with Gasteiger partial charge in [-0.1, -0.05) is 0 Å². The van der Waals surface area contributed by atoms with E-state index in [4.69, 9.17) is 15.2 Å². The number of hydrogen-bond acceptors (Lipinski definition) is 7. The Kier molecular flexibility index (Phi) is 4.06. The Morgan fingerprint density at radius 3 is 3.05 bits per heavy atom. The summed E-state index contributed by atoms with van der Waals surface area (Å²) in [5.41, 5.74) is 5.35. The average molecular weight is 268 g/mol. The SMILES string of the molecule is CCOc1ncnc(NCC2(O)CCOC2C)c1N.